The van der Waals surface area contributed by atoms with Crippen LogP contribution in [0.4, 0.5) is 11.4 Å². The van der Waals surface area contributed by atoms with Gasteiger partial charge in [-0.05, 0) is 43.3 Å². The minimum atomic E-state index is -0.752. The van der Waals surface area contributed by atoms with Crippen molar-refractivity contribution in [3.8, 4) is 0 Å². The number of halogens is 1. The minimum absolute atomic E-state index is 0.00267. The van der Waals surface area contributed by atoms with Crippen LogP contribution in [0.3, 0.4) is 0 Å². The van der Waals surface area contributed by atoms with Crippen molar-refractivity contribution in [3.63, 3.8) is 0 Å². The molecule has 9 nitrogen and oxygen atoms in total. The zero-order valence-corrected chi connectivity index (χ0v) is 18.0. The Morgan fingerprint density at radius 3 is 2.25 bits per heavy atom. The molecule has 2 aromatic carbocycles. The smallest absolute Gasteiger partial charge is 0.340 e. The number of benzene rings is 2. The van der Waals surface area contributed by atoms with Gasteiger partial charge in [-0.1, -0.05) is 11.6 Å². The zero-order valence-electron chi connectivity index (χ0n) is 17.2. The molecule has 3 rings (SSSR count). The van der Waals surface area contributed by atoms with Gasteiger partial charge < -0.3 is 9.47 Å². The highest BCUT2D eigenvalue weighted by Crippen LogP contribution is 2.36. The van der Waals surface area contributed by atoms with Gasteiger partial charge in [0.1, 0.15) is 0 Å². The van der Waals surface area contributed by atoms with Crippen LogP contribution in [-0.2, 0) is 19.1 Å². The van der Waals surface area contributed by atoms with E-state index in [1.165, 1.54) is 67.7 Å². The van der Waals surface area contributed by atoms with Crippen molar-refractivity contribution in [1.29, 1.82) is 0 Å². The number of rotatable bonds is 5. The summed E-state index contributed by atoms with van der Waals surface area (Å²) in [6, 6.07) is 9.82. The van der Waals surface area contributed by atoms with Crippen molar-refractivity contribution in [2.24, 2.45) is 0 Å². The Bertz CT molecular complexity index is 1200. The highest BCUT2D eigenvalue weighted by atomic mass is 35.5. The highest BCUT2D eigenvalue weighted by Gasteiger charge is 2.38. The molecule has 0 fully saturated rings. The van der Waals surface area contributed by atoms with E-state index in [1.54, 1.807) is 6.92 Å². The lowest BCUT2D eigenvalue weighted by Crippen LogP contribution is -2.24. The van der Waals surface area contributed by atoms with Crippen LogP contribution in [0.15, 0.2) is 59.3 Å². The van der Waals surface area contributed by atoms with E-state index in [2.05, 4.69) is 4.74 Å². The predicted molar refractivity (Wildman–Crippen MR) is 116 cm³/mol. The van der Waals surface area contributed by atoms with Gasteiger partial charge in [0, 0.05) is 34.1 Å². The number of hydrogen-bond donors (Lipinski definition) is 0. The fourth-order valence-electron chi connectivity index (χ4n) is 3.27. The second-order valence-electron chi connectivity index (χ2n) is 6.65. The van der Waals surface area contributed by atoms with Crippen LogP contribution < -0.4 is 4.90 Å². The van der Waals surface area contributed by atoms with E-state index in [9.17, 15) is 24.5 Å². The second kappa shape index (κ2) is 9.03. The average molecular weight is 457 g/mol. The number of ether oxygens (including phenoxy) is 2. The van der Waals surface area contributed by atoms with Crippen LogP contribution in [0, 0.1) is 10.1 Å². The van der Waals surface area contributed by atoms with Crippen molar-refractivity contribution in [1.82, 2.24) is 0 Å². The first-order valence-corrected chi connectivity index (χ1v) is 9.55. The molecule has 10 heteroatoms. The maximum Gasteiger partial charge on any atom is 0.340 e. The van der Waals surface area contributed by atoms with Crippen LogP contribution in [0.1, 0.15) is 22.8 Å². The van der Waals surface area contributed by atoms with Crippen LogP contribution in [0.2, 0.25) is 5.02 Å². The van der Waals surface area contributed by atoms with E-state index in [4.69, 9.17) is 16.3 Å². The van der Waals surface area contributed by atoms with Crippen LogP contribution in [0.5, 0.6) is 0 Å². The van der Waals surface area contributed by atoms with Gasteiger partial charge in [0.2, 0.25) is 0 Å². The first kappa shape index (κ1) is 22.7. The molecule has 0 spiro atoms. The van der Waals surface area contributed by atoms with Crippen molar-refractivity contribution in [2.75, 3.05) is 19.1 Å². The molecule has 1 aliphatic heterocycles. The molecule has 0 radical (unpaired) electrons. The molecule has 1 heterocycles. The number of allylic oxidation sites excluding steroid dienone is 1. The van der Waals surface area contributed by atoms with E-state index in [0.29, 0.717) is 11.4 Å². The summed E-state index contributed by atoms with van der Waals surface area (Å²) >= 11 is 6.17. The Morgan fingerprint density at radius 1 is 1.06 bits per heavy atom. The molecule has 0 saturated heterocycles. The van der Waals surface area contributed by atoms with Gasteiger partial charge in [-0.2, -0.15) is 0 Å². The molecule has 0 aromatic heterocycles. The summed E-state index contributed by atoms with van der Waals surface area (Å²) in [6.07, 6.45) is 1.32. The molecule has 2 aromatic rings. The number of carbonyl (C=O) groups excluding carboxylic acids is 3. The number of amides is 1. The lowest BCUT2D eigenvalue weighted by atomic mass is 10.0. The number of esters is 2. The van der Waals surface area contributed by atoms with Crippen LogP contribution in [-0.4, -0.2) is 37.0 Å². The third-order valence-corrected chi connectivity index (χ3v) is 5.17. The lowest BCUT2D eigenvalue weighted by molar-refractivity contribution is -0.384. The van der Waals surface area contributed by atoms with E-state index in [1.807, 2.05) is 0 Å². The second-order valence-corrected chi connectivity index (χ2v) is 7.06. The van der Waals surface area contributed by atoms with Crippen molar-refractivity contribution >= 4 is 46.9 Å². The summed E-state index contributed by atoms with van der Waals surface area (Å²) in [5, 5.41) is 11.3. The fourth-order valence-corrected chi connectivity index (χ4v) is 3.44. The predicted octanol–water partition coefficient (Wildman–Crippen LogP) is 3.91. The number of non-ortho nitro benzene ring substituents is 1. The Balaban J connectivity index is 2.13. The molecule has 164 valence electrons. The van der Waals surface area contributed by atoms with Gasteiger partial charge in [-0.3, -0.25) is 19.8 Å². The normalized spacial score (nSPS) is 14.7. The molecule has 0 aliphatic carbocycles. The topological polar surface area (TPSA) is 116 Å². The molecule has 1 aliphatic rings. The van der Waals surface area contributed by atoms with Crippen LogP contribution in [0.25, 0.3) is 6.08 Å². The standard InChI is InChI=1S/C22H17ClN2O7/c1-12-19(22(28)32-3)17(11-14-10-16(25(29)30)8-9-18(14)23)20(26)24(12)15-6-4-13(5-7-15)21(27)31-2/h4-11H,1-3H3/b17-11-. The SMILES string of the molecule is COC(=O)C1=C(C)N(c2ccc(C(=O)OC)cc2)C(=O)/C1=C\c1cc([N+](=O)[O-])ccc1Cl. The minimum Gasteiger partial charge on any atom is -0.465 e. The van der Waals surface area contributed by atoms with E-state index in [0.717, 1.165) is 0 Å². The van der Waals surface area contributed by atoms with E-state index < -0.39 is 22.8 Å². The van der Waals surface area contributed by atoms with E-state index in [-0.39, 0.29) is 33.0 Å². The van der Waals surface area contributed by atoms with Crippen molar-refractivity contribution < 1.29 is 28.8 Å². The largest absolute Gasteiger partial charge is 0.465 e. The van der Waals surface area contributed by atoms with Crippen molar-refractivity contribution in [2.45, 2.75) is 6.92 Å². The summed E-state index contributed by atoms with van der Waals surface area (Å²) in [6.45, 7) is 1.56. The monoisotopic (exact) mass is 456 g/mol. The lowest BCUT2D eigenvalue weighted by Gasteiger charge is -2.18. The van der Waals surface area contributed by atoms with Gasteiger partial charge in [0.15, 0.2) is 0 Å². The molecule has 0 N–H and O–H groups in total. The molecule has 0 bridgehead atoms. The summed E-state index contributed by atoms with van der Waals surface area (Å²) < 4.78 is 9.51. The first-order valence-electron chi connectivity index (χ1n) is 9.17. The highest BCUT2D eigenvalue weighted by molar-refractivity contribution is 6.32. The Hall–Kier alpha value is -3.98. The number of anilines is 1. The van der Waals surface area contributed by atoms with Crippen molar-refractivity contribution in [3.05, 3.63) is 85.6 Å². The van der Waals surface area contributed by atoms with E-state index >= 15 is 0 Å². The number of hydrogen-bond acceptors (Lipinski definition) is 7. The Morgan fingerprint density at radius 2 is 1.69 bits per heavy atom. The molecule has 1 amide bonds. The van der Waals surface area contributed by atoms with Gasteiger partial charge in [-0.25, -0.2) is 9.59 Å². The summed E-state index contributed by atoms with van der Waals surface area (Å²) in [7, 11) is 2.44. The van der Waals surface area contributed by atoms with Gasteiger partial charge in [-0.15, -0.1) is 0 Å². The van der Waals surface area contributed by atoms with Gasteiger partial charge >= 0.3 is 11.9 Å². The molecule has 0 saturated carbocycles. The third-order valence-electron chi connectivity index (χ3n) is 4.83. The summed E-state index contributed by atoms with van der Waals surface area (Å²) in [5.41, 5.74) is 0.918. The zero-order chi connectivity index (χ0) is 23.6. The number of nitro benzene ring substituents is 1. The Kier molecular flexibility index (Phi) is 6.40. The number of nitrogens with zero attached hydrogens (tertiary/aromatic N) is 2. The molecule has 0 atom stereocenters. The molecule has 32 heavy (non-hydrogen) atoms. The van der Waals surface area contributed by atoms with Gasteiger partial charge in [0.25, 0.3) is 11.6 Å². The summed E-state index contributed by atoms with van der Waals surface area (Å²) in [4.78, 5) is 49.3. The number of nitro groups is 1. The quantitative estimate of drug-likeness (QED) is 0.290. The van der Waals surface area contributed by atoms with Crippen LogP contribution >= 0.6 is 11.6 Å². The summed E-state index contributed by atoms with van der Waals surface area (Å²) in [5.74, 6) is -1.85. The average Bonchev–Trinajstić information content (AvgIpc) is 3.03. The number of methoxy groups -OCH3 is 2. The maximum atomic E-state index is 13.3. The Labute approximate surface area is 187 Å². The molecule has 0 unspecified atom stereocenters. The molecular formula is C22H17ClN2O7. The number of carbonyl (C=O) groups is 3. The molecular weight excluding hydrogens is 440 g/mol. The maximum absolute atomic E-state index is 13.3. The fraction of sp³-hybridized carbons (Fsp3) is 0.136. The third kappa shape index (κ3) is 4.10. The van der Waals surface area contributed by atoms with Gasteiger partial charge in [0.05, 0.1) is 35.9 Å². The first-order chi connectivity index (χ1) is 15.2.